The van der Waals surface area contributed by atoms with Gasteiger partial charge in [0, 0.05) is 0 Å². The van der Waals surface area contributed by atoms with E-state index in [1.54, 1.807) is 12.1 Å². The Hall–Kier alpha value is -2.20. The van der Waals surface area contributed by atoms with Crippen LogP contribution in [0, 0.1) is 0 Å². The zero-order valence-electron chi connectivity index (χ0n) is 10.5. The Morgan fingerprint density at radius 3 is 2.33 bits per heavy atom. The summed E-state index contributed by atoms with van der Waals surface area (Å²) in [7, 11) is 0. The normalized spacial score (nSPS) is 11.0. The van der Waals surface area contributed by atoms with E-state index in [2.05, 4.69) is 26.1 Å². The quantitative estimate of drug-likeness (QED) is 0.744. The summed E-state index contributed by atoms with van der Waals surface area (Å²) in [5.41, 5.74) is 0. The van der Waals surface area contributed by atoms with Crippen molar-refractivity contribution in [3.63, 3.8) is 0 Å². The Morgan fingerprint density at radius 1 is 1.14 bits per heavy atom. The first-order valence-electron chi connectivity index (χ1n) is 5.68. The second-order valence-corrected chi connectivity index (χ2v) is 4.82. The molecule has 21 heavy (non-hydrogen) atoms. The van der Waals surface area contributed by atoms with E-state index in [0.29, 0.717) is 10.4 Å². The molecule has 0 unspecified atom stereocenters. The van der Waals surface area contributed by atoms with Gasteiger partial charge >= 0.3 is 11.9 Å². The van der Waals surface area contributed by atoms with Gasteiger partial charge in [0.15, 0.2) is 10.4 Å². The standard InChI is InChI=1S/C11H10BrN3O6/c12-7-2-1-6(20-7)11-14-13-8(21-11)3-15(4-9(16)17)5-10(18)19/h1-2H,3-5H2,(H,16,17)(H,18,19). The Balaban J connectivity index is 2.08. The average molecular weight is 360 g/mol. The number of carbonyl (C=O) groups is 2. The third-order valence-corrected chi connectivity index (χ3v) is 2.75. The van der Waals surface area contributed by atoms with Crippen LogP contribution in [0.25, 0.3) is 11.7 Å². The molecule has 0 atom stereocenters. The van der Waals surface area contributed by atoms with Gasteiger partial charge in [0.05, 0.1) is 19.6 Å². The van der Waals surface area contributed by atoms with E-state index < -0.39 is 25.0 Å². The number of halogens is 1. The number of furan rings is 1. The molecule has 0 aliphatic carbocycles. The smallest absolute Gasteiger partial charge is 0.317 e. The zero-order chi connectivity index (χ0) is 15.4. The number of hydrogen-bond acceptors (Lipinski definition) is 7. The van der Waals surface area contributed by atoms with Gasteiger partial charge < -0.3 is 19.0 Å². The first-order valence-corrected chi connectivity index (χ1v) is 6.47. The average Bonchev–Trinajstić information content (AvgIpc) is 2.96. The number of nitrogens with zero attached hydrogens (tertiary/aromatic N) is 3. The van der Waals surface area contributed by atoms with Gasteiger partial charge in [0.25, 0.3) is 5.89 Å². The third kappa shape index (κ3) is 4.39. The number of hydrogen-bond donors (Lipinski definition) is 2. The monoisotopic (exact) mass is 359 g/mol. The number of rotatable bonds is 7. The third-order valence-electron chi connectivity index (χ3n) is 2.33. The van der Waals surface area contributed by atoms with Gasteiger partial charge in [-0.25, -0.2) is 0 Å². The van der Waals surface area contributed by atoms with Crippen molar-refractivity contribution < 1.29 is 28.6 Å². The first kappa shape index (κ1) is 15.2. The van der Waals surface area contributed by atoms with Gasteiger partial charge in [0.2, 0.25) is 5.89 Å². The molecule has 10 heteroatoms. The maximum Gasteiger partial charge on any atom is 0.317 e. The maximum atomic E-state index is 10.7. The molecule has 2 rings (SSSR count). The van der Waals surface area contributed by atoms with Crippen LogP contribution >= 0.6 is 15.9 Å². The largest absolute Gasteiger partial charge is 0.480 e. The molecular weight excluding hydrogens is 350 g/mol. The van der Waals surface area contributed by atoms with Crippen molar-refractivity contribution in [2.24, 2.45) is 0 Å². The highest BCUT2D eigenvalue weighted by atomic mass is 79.9. The fourth-order valence-electron chi connectivity index (χ4n) is 1.59. The van der Waals surface area contributed by atoms with Crippen LogP contribution in [-0.4, -0.2) is 50.3 Å². The summed E-state index contributed by atoms with van der Waals surface area (Å²) in [5.74, 6) is -1.72. The van der Waals surface area contributed by atoms with Crippen LogP contribution in [0.5, 0.6) is 0 Å². The molecule has 0 saturated carbocycles. The predicted octanol–water partition coefficient (Wildman–Crippen LogP) is 1.06. The van der Waals surface area contributed by atoms with Crippen molar-refractivity contribution >= 4 is 27.9 Å². The van der Waals surface area contributed by atoms with Gasteiger partial charge in [-0.05, 0) is 28.1 Å². The van der Waals surface area contributed by atoms with E-state index in [1.165, 1.54) is 0 Å². The Bertz CT molecular complexity index is 636. The lowest BCUT2D eigenvalue weighted by atomic mass is 10.4. The Labute approximate surface area is 126 Å². The summed E-state index contributed by atoms with van der Waals surface area (Å²) in [5, 5.41) is 25.0. The molecule has 0 spiro atoms. The molecule has 0 saturated heterocycles. The Morgan fingerprint density at radius 2 is 1.81 bits per heavy atom. The van der Waals surface area contributed by atoms with Gasteiger partial charge in [0.1, 0.15) is 0 Å². The minimum atomic E-state index is -1.15. The van der Waals surface area contributed by atoms with Gasteiger partial charge in [-0.15, -0.1) is 10.2 Å². The molecule has 9 nitrogen and oxygen atoms in total. The number of aliphatic carboxylic acids is 2. The molecule has 0 aliphatic rings. The van der Waals surface area contributed by atoms with Crippen molar-refractivity contribution in [3.8, 4) is 11.7 Å². The summed E-state index contributed by atoms with van der Waals surface area (Å²) in [6.07, 6.45) is 0. The summed E-state index contributed by atoms with van der Waals surface area (Å²) in [4.78, 5) is 22.5. The van der Waals surface area contributed by atoms with Crippen LogP contribution in [0.1, 0.15) is 5.89 Å². The van der Waals surface area contributed by atoms with E-state index in [0.717, 1.165) is 4.90 Å². The van der Waals surface area contributed by atoms with Crippen molar-refractivity contribution in [1.82, 2.24) is 15.1 Å². The molecule has 0 radical (unpaired) electrons. The molecule has 2 N–H and O–H groups in total. The van der Waals surface area contributed by atoms with Crippen LogP contribution in [0.3, 0.4) is 0 Å². The van der Waals surface area contributed by atoms with E-state index in [9.17, 15) is 9.59 Å². The highest BCUT2D eigenvalue weighted by Crippen LogP contribution is 2.23. The van der Waals surface area contributed by atoms with E-state index in [-0.39, 0.29) is 18.3 Å². The minimum absolute atomic E-state index is 0.0898. The fourth-order valence-corrected chi connectivity index (χ4v) is 1.89. The molecule has 0 bridgehead atoms. The lowest BCUT2D eigenvalue weighted by Crippen LogP contribution is -2.34. The van der Waals surface area contributed by atoms with E-state index >= 15 is 0 Å². The zero-order valence-corrected chi connectivity index (χ0v) is 12.1. The summed E-state index contributed by atoms with van der Waals surface area (Å²) in [6.45, 7) is -0.986. The maximum absolute atomic E-state index is 10.7. The van der Waals surface area contributed by atoms with Crippen LogP contribution in [0.15, 0.2) is 25.6 Å². The SMILES string of the molecule is O=C(O)CN(CC(=O)O)Cc1nnc(-c2ccc(Br)o2)o1. The van der Waals surface area contributed by atoms with E-state index in [4.69, 9.17) is 19.0 Å². The molecule has 0 amide bonds. The molecule has 0 fully saturated rings. The fraction of sp³-hybridized carbons (Fsp3) is 0.273. The molecule has 112 valence electrons. The van der Waals surface area contributed by atoms with Crippen LogP contribution in [-0.2, 0) is 16.1 Å². The van der Waals surface area contributed by atoms with Crippen LogP contribution in [0.4, 0.5) is 0 Å². The lowest BCUT2D eigenvalue weighted by molar-refractivity contribution is -0.142. The highest BCUT2D eigenvalue weighted by molar-refractivity contribution is 9.10. The topological polar surface area (TPSA) is 130 Å². The summed E-state index contributed by atoms with van der Waals surface area (Å²) in [6, 6.07) is 3.27. The van der Waals surface area contributed by atoms with Gasteiger partial charge in [-0.1, -0.05) is 0 Å². The van der Waals surface area contributed by atoms with Crippen LogP contribution < -0.4 is 0 Å². The van der Waals surface area contributed by atoms with Gasteiger partial charge in [-0.3, -0.25) is 14.5 Å². The Kier molecular flexibility index (Phi) is 4.70. The second-order valence-electron chi connectivity index (χ2n) is 4.04. The van der Waals surface area contributed by atoms with Crippen molar-refractivity contribution in [2.45, 2.75) is 6.54 Å². The van der Waals surface area contributed by atoms with Crippen LogP contribution in [0.2, 0.25) is 0 Å². The van der Waals surface area contributed by atoms with E-state index in [1.807, 2.05) is 0 Å². The van der Waals surface area contributed by atoms with Crippen molar-refractivity contribution in [3.05, 3.63) is 22.7 Å². The minimum Gasteiger partial charge on any atom is -0.480 e. The molecular formula is C11H10BrN3O6. The number of aromatic nitrogens is 2. The molecule has 2 heterocycles. The first-order chi connectivity index (χ1) is 9.94. The molecule has 0 aromatic carbocycles. The molecule has 0 aliphatic heterocycles. The number of carboxylic acids is 2. The summed E-state index contributed by atoms with van der Waals surface area (Å²) < 4.78 is 11.0. The molecule has 2 aromatic rings. The number of carboxylic acid groups (broad SMARTS) is 2. The summed E-state index contributed by atoms with van der Waals surface area (Å²) >= 11 is 3.14. The lowest BCUT2D eigenvalue weighted by Gasteiger charge is -2.14. The molecule has 2 aromatic heterocycles. The van der Waals surface area contributed by atoms with Crippen molar-refractivity contribution in [1.29, 1.82) is 0 Å². The van der Waals surface area contributed by atoms with Gasteiger partial charge in [-0.2, -0.15) is 0 Å². The predicted molar refractivity (Wildman–Crippen MR) is 70.2 cm³/mol. The second kappa shape index (κ2) is 6.50. The highest BCUT2D eigenvalue weighted by Gasteiger charge is 2.18. The van der Waals surface area contributed by atoms with Crippen molar-refractivity contribution in [2.75, 3.05) is 13.1 Å².